The summed E-state index contributed by atoms with van der Waals surface area (Å²) in [6.45, 7) is 0. The summed E-state index contributed by atoms with van der Waals surface area (Å²) < 4.78 is 2.99. The van der Waals surface area contributed by atoms with Crippen molar-refractivity contribution in [3.63, 3.8) is 0 Å². The normalized spacial score (nSPS) is 14.8. The van der Waals surface area contributed by atoms with E-state index >= 15 is 0 Å². The Morgan fingerprint density at radius 3 is 2.48 bits per heavy atom. The van der Waals surface area contributed by atoms with Gasteiger partial charge in [0, 0.05) is 29.4 Å². The van der Waals surface area contributed by atoms with Gasteiger partial charge in [-0.3, -0.25) is 0 Å². The molecule has 3 aromatic rings. The summed E-state index contributed by atoms with van der Waals surface area (Å²) in [6, 6.07) is 11.9. The van der Waals surface area contributed by atoms with Crippen LogP contribution in [-0.4, -0.2) is 5.84 Å². The van der Waals surface area contributed by atoms with Crippen LogP contribution in [-0.2, 0) is 6.42 Å². The molecule has 0 aromatic heterocycles. The van der Waals surface area contributed by atoms with Gasteiger partial charge in [0.2, 0.25) is 0 Å². The van der Waals surface area contributed by atoms with Gasteiger partial charge in [-0.05, 0) is 84.8 Å². The minimum Gasteiger partial charge on any atom is -0.226 e. The van der Waals surface area contributed by atoms with Crippen molar-refractivity contribution >= 4 is 87.8 Å². The molecule has 0 radical (unpaired) electrons. The Bertz CT molecular complexity index is 1320. The van der Waals surface area contributed by atoms with Crippen LogP contribution in [0.4, 0.5) is 5.69 Å². The molecule has 0 saturated heterocycles. The molecule has 0 fully saturated rings. The van der Waals surface area contributed by atoms with Crippen molar-refractivity contribution < 1.29 is 0 Å². The van der Waals surface area contributed by atoms with Gasteiger partial charge in [0.25, 0.3) is 0 Å². The monoisotopic (exact) mass is 562 g/mol. The molecule has 1 aliphatic carbocycles. The summed E-state index contributed by atoms with van der Waals surface area (Å²) in [5, 5.41) is 4.96. The number of hydrogen-bond donors (Lipinski definition) is 0. The first-order valence-electron chi connectivity index (χ1n) is 8.26. The molecule has 0 spiro atoms. The highest BCUT2D eigenvalue weighted by Crippen LogP contribution is 2.32. The van der Waals surface area contributed by atoms with E-state index in [4.69, 9.17) is 21.6 Å². The van der Waals surface area contributed by atoms with E-state index in [2.05, 4.69) is 59.9 Å². The maximum Gasteiger partial charge on any atom is 0.162 e. The van der Waals surface area contributed by atoms with Gasteiger partial charge in [0.1, 0.15) is 0 Å². The molecule has 0 atom stereocenters. The predicted molar refractivity (Wildman–Crippen MR) is 123 cm³/mol. The van der Waals surface area contributed by atoms with E-state index in [1.54, 1.807) is 0 Å². The van der Waals surface area contributed by atoms with Crippen LogP contribution in [0, 0.1) is 0 Å². The first-order valence-corrected chi connectivity index (χ1v) is 11.0. The number of rotatable bonds is 1. The van der Waals surface area contributed by atoms with Crippen molar-refractivity contribution in [3.8, 4) is 0 Å². The third kappa shape index (κ3) is 2.87. The molecule has 0 N–H and O–H groups in total. The fraction of sp³-hybridized carbons (Fsp3) is 0.0476. The lowest BCUT2D eigenvalue weighted by Gasteiger charge is -2.12. The first-order chi connectivity index (χ1) is 13.0. The fourth-order valence-corrected chi connectivity index (χ4v) is 5.48. The van der Waals surface area contributed by atoms with E-state index in [1.165, 1.54) is 5.56 Å². The molecular formula is C21H10Br3ClN2. The van der Waals surface area contributed by atoms with Gasteiger partial charge in [-0.1, -0.05) is 45.7 Å². The van der Waals surface area contributed by atoms with Gasteiger partial charge in [0.15, 0.2) is 5.84 Å². The second-order valence-corrected chi connectivity index (χ2v) is 9.42. The highest BCUT2D eigenvalue weighted by molar-refractivity contribution is 9.12. The van der Waals surface area contributed by atoms with Gasteiger partial charge in [0.05, 0.1) is 11.0 Å². The zero-order valence-electron chi connectivity index (χ0n) is 13.7. The fourth-order valence-electron chi connectivity index (χ4n) is 3.57. The zero-order chi connectivity index (χ0) is 18.7. The molecule has 6 heteroatoms. The smallest absolute Gasteiger partial charge is 0.162 e. The number of allylic oxidation sites excluding steroid dienone is 2. The standard InChI is InChI=1S/C21H10Br3ClN2/c22-10-4-6-12-14(8-10)15-9-11(25)5-7-13(15)20-19(12)26-21(27-20)18-16(23)2-1-3-17(18)24/h1-5,7-9H,6H2. The number of nitrogens with zero attached hydrogens (tertiary/aromatic N) is 2. The zero-order valence-corrected chi connectivity index (χ0v) is 19.2. The van der Waals surface area contributed by atoms with Crippen LogP contribution in [0.15, 0.2) is 65.9 Å². The molecular weight excluding hydrogens is 555 g/mol. The van der Waals surface area contributed by atoms with Crippen LogP contribution in [0.25, 0.3) is 16.8 Å². The van der Waals surface area contributed by atoms with Gasteiger partial charge < -0.3 is 0 Å². The van der Waals surface area contributed by atoms with E-state index in [9.17, 15) is 0 Å². The van der Waals surface area contributed by atoms with Gasteiger partial charge >= 0.3 is 0 Å². The molecule has 132 valence electrons. The Morgan fingerprint density at radius 1 is 0.926 bits per heavy atom. The third-order valence-corrected chi connectivity index (χ3v) is 6.88. The lowest BCUT2D eigenvalue weighted by atomic mass is 9.95. The average molecular weight is 565 g/mol. The van der Waals surface area contributed by atoms with Gasteiger partial charge in [-0.25, -0.2) is 9.98 Å². The molecule has 0 bridgehead atoms. The maximum atomic E-state index is 6.30. The predicted octanol–water partition coefficient (Wildman–Crippen LogP) is 6.35. The Morgan fingerprint density at radius 2 is 1.70 bits per heavy atom. The Hall–Kier alpha value is -1.27. The minimum absolute atomic E-state index is 0.711. The molecule has 27 heavy (non-hydrogen) atoms. The summed E-state index contributed by atoms with van der Waals surface area (Å²) >= 11 is 17.2. The van der Waals surface area contributed by atoms with Crippen LogP contribution < -0.4 is 10.6 Å². The van der Waals surface area contributed by atoms with E-state index < -0.39 is 0 Å². The summed E-state index contributed by atoms with van der Waals surface area (Å²) in [5.74, 6) is 0.711. The summed E-state index contributed by atoms with van der Waals surface area (Å²) in [4.78, 5) is 9.88. The summed E-state index contributed by atoms with van der Waals surface area (Å²) in [6.07, 6.45) is 5.10. The van der Waals surface area contributed by atoms with Crippen molar-refractivity contribution in [1.82, 2.24) is 0 Å². The number of benzene rings is 3. The van der Waals surface area contributed by atoms with E-state index in [0.29, 0.717) is 5.84 Å². The maximum absolute atomic E-state index is 6.30. The van der Waals surface area contributed by atoms with Crippen molar-refractivity contribution in [2.45, 2.75) is 6.42 Å². The number of hydrogen-bond acceptors (Lipinski definition) is 2. The lowest BCUT2D eigenvalue weighted by Crippen LogP contribution is -2.19. The van der Waals surface area contributed by atoms with E-state index in [1.807, 2.05) is 36.4 Å². The summed E-state index contributed by atoms with van der Waals surface area (Å²) in [5.41, 5.74) is 3.09. The molecule has 3 aromatic carbocycles. The second kappa shape index (κ2) is 6.66. The summed E-state index contributed by atoms with van der Waals surface area (Å²) in [7, 11) is 0. The molecule has 0 unspecified atom stereocenters. The van der Waals surface area contributed by atoms with Crippen molar-refractivity contribution in [3.05, 3.63) is 82.6 Å². The van der Waals surface area contributed by atoms with Crippen molar-refractivity contribution in [1.29, 1.82) is 0 Å². The number of fused-ring (bicyclic) bond motifs is 6. The average Bonchev–Trinajstić information content (AvgIpc) is 3.06. The molecule has 2 nitrogen and oxygen atoms in total. The quantitative estimate of drug-likeness (QED) is 0.329. The Labute approximate surface area is 185 Å². The van der Waals surface area contributed by atoms with Crippen LogP contribution in [0.2, 0.25) is 5.02 Å². The molecule has 0 amide bonds. The lowest BCUT2D eigenvalue weighted by molar-refractivity contribution is 1.22. The largest absolute Gasteiger partial charge is 0.226 e. The Balaban J connectivity index is 1.90. The number of halogens is 4. The molecule has 1 aliphatic heterocycles. The SMILES string of the molecule is Clc1ccc2c3c(c4c(c2c1)=CC(Br)=CC4)N=C(c1c(Br)cccc1Br)N=3. The number of amidine groups is 1. The molecule has 2 aliphatic rings. The molecule has 5 rings (SSSR count). The highest BCUT2D eigenvalue weighted by atomic mass is 79.9. The van der Waals surface area contributed by atoms with Crippen LogP contribution in [0.3, 0.4) is 0 Å². The number of aliphatic imine (C=N–C) groups is 1. The molecule has 1 heterocycles. The van der Waals surface area contributed by atoms with E-state index in [-0.39, 0.29) is 0 Å². The Kier molecular flexibility index (Phi) is 4.39. The van der Waals surface area contributed by atoms with Crippen LogP contribution in [0.5, 0.6) is 0 Å². The van der Waals surface area contributed by atoms with E-state index in [0.717, 1.165) is 57.5 Å². The van der Waals surface area contributed by atoms with Crippen LogP contribution >= 0.6 is 59.4 Å². The van der Waals surface area contributed by atoms with Crippen molar-refractivity contribution in [2.75, 3.05) is 0 Å². The molecule has 0 saturated carbocycles. The highest BCUT2D eigenvalue weighted by Gasteiger charge is 2.22. The van der Waals surface area contributed by atoms with Crippen LogP contribution in [0.1, 0.15) is 11.1 Å². The van der Waals surface area contributed by atoms with Gasteiger partial charge in [-0.2, -0.15) is 0 Å². The third-order valence-electron chi connectivity index (χ3n) is 4.77. The second-order valence-electron chi connectivity index (χ2n) is 6.36. The first kappa shape index (κ1) is 17.8. The van der Waals surface area contributed by atoms with Crippen molar-refractivity contribution in [2.24, 2.45) is 9.98 Å². The minimum atomic E-state index is 0.711. The topological polar surface area (TPSA) is 24.7 Å². The van der Waals surface area contributed by atoms with Gasteiger partial charge in [-0.15, -0.1) is 0 Å².